The maximum atomic E-state index is 11.8. The molecule has 0 spiro atoms. The molecule has 0 fully saturated rings. The number of aryl methyl sites for hydroxylation is 1. The summed E-state index contributed by atoms with van der Waals surface area (Å²) in [5, 5.41) is 2.72. The van der Waals surface area contributed by atoms with Crippen molar-refractivity contribution in [3.63, 3.8) is 0 Å². The zero-order chi connectivity index (χ0) is 12.3. The van der Waals surface area contributed by atoms with E-state index in [1.807, 2.05) is 0 Å². The summed E-state index contributed by atoms with van der Waals surface area (Å²) >= 11 is 0. The highest BCUT2D eigenvalue weighted by Gasteiger charge is 2.11. The van der Waals surface area contributed by atoms with Crippen molar-refractivity contribution in [2.24, 2.45) is 0 Å². The summed E-state index contributed by atoms with van der Waals surface area (Å²) in [4.78, 5) is 22.3. The van der Waals surface area contributed by atoms with Gasteiger partial charge in [0, 0.05) is 11.3 Å². The summed E-state index contributed by atoms with van der Waals surface area (Å²) in [5.74, 6) is 0.349. The highest BCUT2D eigenvalue weighted by atomic mass is 16.3. The minimum atomic E-state index is -0.227. The van der Waals surface area contributed by atoms with Crippen LogP contribution in [0.1, 0.15) is 26.5 Å². The van der Waals surface area contributed by atoms with Crippen LogP contribution in [0, 0.1) is 6.92 Å². The van der Waals surface area contributed by atoms with Crippen LogP contribution in [0.2, 0.25) is 0 Å². The van der Waals surface area contributed by atoms with E-state index in [2.05, 4.69) is 5.32 Å². The molecule has 0 radical (unpaired) electrons. The number of rotatable bonds is 3. The summed E-state index contributed by atoms with van der Waals surface area (Å²) < 4.78 is 5.05. The molecule has 17 heavy (non-hydrogen) atoms. The van der Waals surface area contributed by atoms with Crippen LogP contribution in [0.5, 0.6) is 0 Å². The number of anilines is 1. The number of hydrogen-bond donors (Lipinski definition) is 1. The van der Waals surface area contributed by atoms with Crippen molar-refractivity contribution in [3.8, 4) is 0 Å². The van der Waals surface area contributed by atoms with E-state index in [1.54, 1.807) is 37.3 Å². The maximum absolute atomic E-state index is 11.8. The topological polar surface area (TPSA) is 59.3 Å². The largest absolute Gasteiger partial charge is 0.469 e. The molecule has 0 aliphatic heterocycles. The van der Waals surface area contributed by atoms with E-state index < -0.39 is 0 Å². The lowest BCUT2D eigenvalue weighted by Crippen LogP contribution is -2.11. The van der Waals surface area contributed by atoms with Gasteiger partial charge in [0.25, 0.3) is 5.91 Å². The van der Waals surface area contributed by atoms with Gasteiger partial charge < -0.3 is 9.73 Å². The summed E-state index contributed by atoms with van der Waals surface area (Å²) in [7, 11) is 0. The van der Waals surface area contributed by atoms with Crippen molar-refractivity contribution < 1.29 is 14.0 Å². The number of carbonyl (C=O) groups excluding carboxylic acids is 2. The summed E-state index contributed by atoms with van der Waals surface area (Å²) in [5.41, 5.74) is 1.72. The van der Waals surface area contributed by atoms with Gasteiger partial charge in [-0.05, 0) is 37.3 Å². The zero-order valence-electron chi connectivity index (χ0n) is 9.27. The van der Waals surface area contributed by atoms with Crippen molar-refractivity contribution in [3.05, 3.63) is 53.5 Å². The first-order chi connectivity index (χ1) is 8.20. The van der Waals surface area contributed by atoms with Crippen molar-refractivity contribution in [1.82, 2.24) is 0 Å². The molecule has 0 unspecified atom stereocenters. The Kier molecular flexibility index (Phi) is 3.05. The second kappa shape index (κ2) is 4.65. The molecular weight excluding hydrogens is 218 g/mol. The molecule has 0 atom stereocenters. The second-order valence-corrected chi connectivity index (χ2v) is 3.58. The molecule has 1 heterocycles. The number of hydrogen-bond acceptors (Lipinski definition) is 3. The summed E-state index contributed by atoms with van der Waals surface area (Å²) in [6.07, 6.45) is 2.23. The molecule has 2 aromatic rings. The third kappa shape index (κ3) is 2.42. The van der Waals surface area contributed by atoms with Gasteiger partial charge in [-0.15, -0.1) is 0 Å². The van der Waals surface area contributed by atoms with E-state index in [4.69, 9.17) is 4.42 Å². The fraction of sp³-hybridized carbons (Fsp3) is 0.0769. The molecule has 0 saturated carbocycles. The van der Waals surface area contributed by atoms with Gasteiger partial charge in [-0.1, -0.05) is 0 Å². The van der Waals surface area contributed by atoms with Crippen LogP contribution in [-0.2, 0) is 0 Å². The molecule has 1 N–H and O–H groups in total. The smallest absolute Gasteiger partial charge is 0.259 e. The Hall–Kier alpha value is -2.36. The zero-order valence-corrected chi connectivity index (χ0v) is 9.27. The molecule has 0 bridgehead atoms. The van der Waals surface area contributed by atoms with Crippen LogP contribution in [0.25, 0.3) is 0 Å². The van der Waals surface area contributed by atoms with Crippen LogP contribution in [-0.4, -0.2) is 12.2 Å². The minimum absolute atomic E-state index is 0.227. The highest BCUT2D eigenvalue weighted by Crippen LogP contribution is 2.13. The molecule has 86 valence electrons. The standard InChI is InChI=1S/C13H11NO3/c1-9-12(6-7-17-9)13(16)14-11-4-2-10(8-15)3-5-11/h2-8H,1H3,(H,14,16). The lowest BCUT2D eigenvalue weighted by Gasteiger charge is -2.04. The fourth-order valence-corrected chi connectivity index (χ4v) is 1.46. The van der Waals surface area contributed by atoms with Gasteiger partial charge in [-0.2, -0.15) is 0 Å². The fourth-order valence-electron chi connectivity index (χ4n) is 1.46. The highest BCUT2D eigenvalue weighted by molar-refractivity contribution is 6.04. The van der Waals surface area contributed by atoms with Gasteiger partial charge in [-0.25, -0.2) is 0 Å². The Labute approximate surface area is 98.3 Å². The lowest BCUT2D eigenvalue weighted by molar-refractivity contribution is 0.102. The quantitative estimate of drug-likeness (QED) is 0.823. The van der Waals surface area contributed by atoms with Crippen molar-refractivity contribution >= 4 is 17.9 Å². The van der Waals surface area contributed by atoms with Gasteiger partial charge in [0.05, 0.1) is 11.8 Å². The van der Waals surface area contributed by atoms with Gasteiger partial charge in [0.15, 0.2) is 0 Å². The van der Waals surface area contributed by atoms with E-state index in [0.29, 0.717) is 22.6 Å². The monoisotopic (exact) mass is 229 g/mol. The van der Waals surface area contributed by atoms with Crippen molar-refractivity contribution in [2.75, 3.05) is 5.32 Å². The molecule has 0 saturated heterocycles. The van der Waals surface area contributed by atoms with Crippen LogP contribution in [0.4, 0.5) is 5.69 Å². The number of benzene rings is 1. The molecule has 4 heteroatoms. The first-order valence-electron chi connectivity index (χ1n) is 5.11. The SMILES string of the molecule is Cc1occc1C(=O)Nc1ccc(C=O)cc1. The average Bonchev–Trinajstić information content (AvgIpc) is 2.76. The number of amides is 1. The Bertz CT molecular complexity index is 540. The Morgan fingerprint density at radius 2 is 1.94 bits per heavy atom. The molecule has 2 rings (SSSR count). The summed E-state index contributed by atoms with van der Waals surface area (Å²) in [6.45, 7) is 1.73. The third-order valence-electron chi connectivity index (χ3n) is 2.41. The number of nitrogens with one attached hydrogen (secondary N) is 1. The maximum Gasteiger partial charge on any atom is 0.259 e. The first kappa shape index (κ1) is 11.1. The van der Waals surface area contributed by atoms with Gasteiger partial charge in [-0.3, -0.25) is 9.59 Å². The molecule has 0 aliphatic rings. The Morgan fingerprint density at radius 3 is 2.47 bits per heavy atom. The molecule has 1 amide bonds. The van der Waals surface area contributed by atoms with Crippen LogP contribution in [0.3, 0.4) is 0 Å². The van der Waals surface area contributed by atoms with Crippen LogP contribution >= 0.6 is 0 Å². The van der Waals surface area contributed by atoms with E-state index in [-0.39, 0.29) is 5.91 Å². The average molecular weight is 229 g/mol. The molecule has 0 aliphatic carbocycles. The normalized spacial score (nSPS) is 9.94. The van der Waals surface area contributed by atoms with E-state index >= 15 is 0 Å². The number of aldehydes is 1. The summed E-state index contributed by atoms with van der Waals surface area (Å²) in [6, 6.07) is 8.26. The predicted molar refractivity (Wildman–Crippen MR) is 63.2 cm³/mol. The Morgan fingerprint density at radius 1 is 1.24 bits per heavy atom. The minimum Gasteiger partial charge on any atom is -0.469 e. The molecule has 1 aromatic carbocycles. The molecular formula is C13H11NO3. The Balaban J connectivity index is 2.13. The number of furan rings is 1. The first-order valence-corrected chi connectivity index (χ1v) is 5.11. The van der Waals surface area contributed by atoms with Gasteiger partial charge in [0.1, 0.15) is 12.0 Å². The van der Waals surface area contributed by atoms with E-state index in [1.165, 1.54) is 6.26 Å². The van der Waals surface area contributed by atoms with E-state index in [9.17, 15) is 9.59 Å². The lowest BCUT2D eigenvalue weighted by atomic mass is 10.2. The van der Waals surface area contributed by atoms with Gasteiger partial charge in [0.2, 0.25) is 0 Å². The molecule has 4 nitrogen and oxygen atoms in total. The molecule has 1 aromatic heterocycles. The predicted octanol–water partition coefficient (Wildman–Crippen LogP) is 2.65. The van der Waals surface area contributed by atoms with Crippen LogP contribution < -0.4 is 5.32 Å². The number of carbonyl (C=O) groups is 2. The van der Waals surface area contributed by atoms with Gasteiger partial charge >= 0.3 is 0 Å². The van der Waals surface area contributed by atoms with Crippen molar-refractivity contribution in [2.45, 2.75) is 6.92 Å². The van der Waals surface area contributed by atoms with Crippen LogP contribution in [0.15, 0.2) is 41.0 Å². The van der Waals surface area contributed by atoms with E-state index in [0.717, 1.165) is 6.29 Å². The van der Waals surface area contributed by atoms with Crippen molar-refractivity contribution in [1.29, 1.82) is 0 Å². The third-order valence-corrected chi connectivity index (χ3v) is 2.41. The second-order valence-electron chi connectivity index (χ2n) is 3.58.